The summed E-state index contributed by atoms with van der Waals surface area (Å²) in [5, 5.41) is 9.38. The quantitative estimate of drug-likeness (QED) is 0.894. The van der Waals surface area contributed by atoms with Gasteiger partial charge in [0, 0.05) is 32.8 Å². The van der Waals surface area contributed by atoms with E-state index in [-0.39, 0.29) is 6.10 Å². The molecule has 1 aromatic heterocycles. The largest absolute Gasteiger partial charge is 0.396 e. The van der Waals surface area contributed by atoms with Gasteiger partial charge in [0.2, 0.25) is 0 Å². The number of nitrogens with zero attached hydrogens (tertiary/aromatic N) is 4. The monoisotopic (exact) mass is 289 g/mol. The van der Waals surface area contributed by atoms with Crippen molar-refractivity contribution in [1.29, 1.82) is 5.26 Å². The molecular formula is C15H23N5O. The lowest BCUT2D eigenvalue weighted by atomic mass is 10.2. The van der Waals surface area contributed by atoms with Gasteiger partial charge in [0.15, 0.2) is 0 Å². The van der Waals surface area contributed by atoms with E-state index in [0.717, 1.165) is 58.0 Å². The summed E-state index contributed by atoms with van der Waals surface area (Å²) in [6.07, 6.45) is 2.37. The van der Waals surface area contributed by atoms with Crippen LogP contribution in [-0.4, -0.2) is 55.4 Å². The van der Waals surface area contributed by atoms with Crippen LogP contribution in [-0.2, 0) is 11.3 Å². The van der Waals surface area contributed by atoms with E-state index in [0.29, 0.717) is 11.4 Å². The Labute approximate surface area is 125 Å². The molecule has 0 saturated carbocycles. The maximum absolute atomic E-state index is 9.38. The first-order valence-electron chi connectivity index (χ1n) is 7.63. The van der Waals surface area contributed by atoms with Crippen molar-refractivity contribution < 1.29 is 4.74 Å². The number of aromatic nitrogens is 1. The molecule has 6 heteroatoms. The van der Waals surface area contributed by atoms with E-state index >= 15 is 0 Å². The zero-order valence-electron chi connectivity index (χ0n) is 12.6. The SMILES string of the molecule is CN1CCN(c2c(N)cc(C#N)n2C[C@@H]2CCCO2)CC1. The lowest BCUT2D eigenvalue weighted by Gasteiger charge is -2.35. The van der Waals surface area contributed by atoms with Crippen LogP contribution >= 0.6 is 0 Å². The van der Waals surface area contributed by atoms with Gasteiger partial charge in [0.25, 0.3) is 0 Å². The van der Waals surface area contributed by atoms with Crippen molar-refractivity contribution in [3.8, 4) is 6.07 Å². The normalized spacial score (nSPS) is 23.4. The standard InChI is InChI=1S/C15H23N5O/c1-18-4-6-19(7-5-18)15-14(17)9-12(10-16)20(15)11-13-3-2-8-21-13/h9,13H,2-8,11,17H2,1H3/t13-/m0/s1. The van der Waals surface area contributed by atoms with E-state index in [2.05, 4.69) is 27.5 Å². The third-order valence-corrected chi connectivity index (χ3v) is 4.42. The summed E-state index contributed by atoms with van der Waals surface area (Å²) in [6.45, 7) is 5.48. The van der Waals surface area contributed by atoms with Gasteiger partial charge in [-0.1, -0.05) is 0 Å². The van der Waals surface area contributed by atoms with E-state index in [1.165, 1.54) is 0 Å². The Balaban J connectivity index is 1.87. The van der Waals surface area contributed by atoms with Crippen LogP contribution in [0.3, 0.4) is 0 Å². The topological polar surface area (TPSA) is 70.5 Å². The van der Waals surface area contributed by atoms with Gasteiger partial charge in [-0.05, 0) is 26.0 Å². The van der Waals surface area contributed by atoms with Crippen LogP contribution < -0.4 is 10.6 Å². The maximum atomic E-state index is 9.38. The molecule has 0 radical (unpaired) electrons. The minimum Gasteiger partial charge on any atom is -0.396 e. The molecule has 0 unspecified atom stereocenters. The van der Waals surface area contributed by atoms with Crippen molar-refractivity contribution in [2.24, 2.45) is 0 Å². The number of hydrogen-bond acceptors (Lipinski definition) is 5. The molecule has 0 aromatic carbocycles. The van der Waals surface area contributed by atoms with Crippen molar-refractivity contribution in [3.05, 3.63) is 11.8 Å². The van der Waals surface area contributed by atoms with Gasteiger partial charge in [0.1, 0.15) is 17.6 Å². The van der Waals surface area contributed by atoms with E-state index in [1.807, 2.05) is 0 Å². The number of nitriles is 1. The maximum Gasteiger partial charge on any atom is 0.133 e. The fourth-order valence-electron chi connectivity index (χ4n) is 3.20. The summed E-state index contributed by atoms with van der Waals surface area (Å²) in [6, 6.07) is 4.06. The van der Waals surface area contributed by atoms with Crippen molar-refractivity contribution in [1.82, 2.24) is 9.47 Å². The van der Waals surface area contributed by atoms with Crippen molar-refractivity contribution in [3.63, 3.8) is 0 Å². The highest BCUT2D eigenvalue weighted by Crippen LogP contribution is 2.30. The average molecular weight is 289 g/mol. The van der Waals surface area contributed by atoms with Gasteiger partial charge in [-0.15, -0.1) is 0 Å². The van der Waals surface area contributed by atoms with E-state index in [9.17, 15) is 5.26 Å². The molecule has 3 heterocycles. The number of likely N-dealkylation sites (N-methyl/N-ethyl adjacent to an activating group) is 1. The average Bonchev–Trinajstić information content (AvgIpc) is 3.09. The van der Waals surface area contributed by atoms with Crippen LogP contribution in [0, 0.1) is 11.3 Å². The molecule has 0 amide bonds. The lowest BCUT2D eigenvalue weighted by molar-refractivity contribution is 0.0971. The predicted molar refractivity (Wildman–Crippen MR) is 82.2 cm³/mol. The van der Waals surface area contributed by atoms with Crippen LogP contribution in [0.2, 0.25) is 0 Å². The summed E-state index contributed by atoms with van der Waals surface area (Å²) >= 11 is 0. The molecule has 3 rings (SSSR count). The molecule has 114 valence electrons. The van der Waals surface area contributed by atoms with Crippen LogP contribution in [0.25, 0.3) is 0 Å². The van der Waals surface area contributed by atoms with E-state index in [1.54, 1.807) is 6.07 Å². The summed E-state index contributed by atoms with van der Waals surface area (Å²) in [5.74, 6) is 0.996. The Bertz CT molecular complexity index is 533. The zero-order valence-corrected chi connectivity index (χ0v) is 12.6. The molecule has 0 aliphatic carbocycles. The van der Waals surface area contributed by atoms with Crippen LogP contribution in [0.1, 0.15) is 18.5 Å². The number of anilines is 2. The third kappa shape index (κ3) is 2.85. The molecule has 2 fully saturated rings. The molecule has 0 bridgehead atoms. The third-order valence-electron chi connectivity index (χ3n) is 4.42. The number of nitrogen functional groups attached to an aromatic ring is 1. The van der Waals surface area contributed by atoms with Gasteiger partial charge >= 0.3 is 0 Å². The second-order valence-corrected chi connectivity index (χ2v) is 5.96. The second kappa shape index (κ2) is 5.96. The number of rotatable bonds is 3. The fraction of sp³-hybridized carbons (Fsp3) is 0.667. The Kier molecular flexibility index (Phi) is 4.04. The number of piperazine rings is 1. The first kappa shape index (κ1) is 14.2. The number of nitrogens with two attached hydrogens (primary N) is 1. The van der Waals surface area contributed by atoms with Gasteiger partial charge in [-0.25, -0.2) is 0 Å². The molecule has 1 aromatic rings. The Morgan fingerprint density at radius 2 is 2.14 bits per heavy atom. The molecule has 2 aliphatic rings. The summed E-state index contributed by atoms with van der Waals surface area (Å²) < 4.78 is 7.78. The molecule has 21 heavy (non-hydrogen) atoms. The summed E-state index contributed by atoms with van der Waals surface area (Å²) in [5.41, 5.74) is 7.53. The first-order valence-corrected chi connectivity index (χ1v) is 7.63. The minimum atomic E-state index is 0.204. The molecule has 2 N–H and O–H groups in total. The Morgan fingerprint density at radius 3 is 2.76 bits per heavy atom. The highest BCUT2D eigenvalue weighted by Gasteiger charge is 2.25. The Hall–Kier alpha value is -1.71. The second-order valence-electron chi connectivity index (χ2n) is 5.96. The van der Waals surface area contributed by atoms with Crippen molar-refractivity contribution in [2.45, 2.75) is 25.5 Å². The van der Waals surface area contributed by atoms with Gasteiger partial charge in [0.05, 0.1) is 18.3 Å². The van der Waals surface area contributed by atoms with Gasteiger partial charge < -0.3 is 24.8 Å². The zero-order chi connectivity index (χ0) is 14.8. The molecule has 2 saturated heterocycles. The fourth-order valence-corrected chi connectivity index (χ4v) is 3.20. The van der Waals surface area contributed by atoms with Gasteiger partial charge in [-0.3, -0.25) is 0 Å². The van der Waals surface area contributed by atoms with Crippen LogP contribution in [0.4, 0.5) is 11.5 Å². The molecule has 0 spiro atoms. The van der Waals surface area contributed by atoms with Crippen LogP contribution in [0.15, 0.2) is 6.07 Å². The molecule has 2 aliphatic heterocycles. The summed E-state index contributed by atoms with van der Waals surface area (Å²) in [7, 11) is 2.13. The van der Waals surface area contributed by atoms with Crippen molar-refractivity contribution >= 4 is 11.5 Å². The number of ether oxygens (including phenoxy) is 1. The Morgan fingerprint density at radius 1 is 1.38 bits per heavy atom. The number of hydrogen-bond donors (Lipinski definition) is 1. The molecular weight excluding hydrogens is 266 g/mol. The minimum absolute atomic E-state index is 0.204. The summed E-state index contributed by atoms with van der Waals surface area (Å²) in [4.78, 5) is 4.61. The van der Waals surface area contributed by atoms with E-state index < -0.39 is 0 Å². The van der Waals surface area contributed by atoms with Gasteiger partial charge in [-0.2, -0.15) is 5.26 Å². The lowest BCUT2D eigenvalue weighted by Crippen LogP contribution is -2.45. The highest BCUT2D eigenvalue weighted by atomic mass is 16.5. The van der Waals surface area contributed by atoms with E-state index in [4.69, 9.17) is 10.5 Å². The first-order chi connectivity index (χ1) is 10.2. The van der Waals surface area contributed by atoms with Crippen LogP contribution in [0.5, 0.6) is 0 Å². The molecule has 6 nitrogen and oxygen atoms in total. The predicted octanol–water partition coefficient (Wildman–Crippen LogP) is 0.873. The molecule has 1 atom stereocenters. The van der Waals surface area contributed by atoms with Crippen molar-refractivity contribution in [2.75, 3.05) is 50.5 Å². The highest BCUT2D eigenvalue weighted by molar-refractivity contribution is 5.68. The smallest absolute Gasteiger partial charge is 0.133 e.